The number of nitrogen functional groups attached to an aromatic ring is 1. The van der Waals surface area contributed by atoms with E-state index in [1.807, 2.05) is 42.6 Å². The van der Waals surface area contributed by atoms with Gasteiger partial charge in [-0.1, -0.05) is 24.3 Å². The predicted octanol–water partition coefficient (Wildman–Crippen LogP) is 4.49. The molecule has 0 atom stereocenters. The van der Waals surface area contributed by atoms with Crippen molar-refractivity contribution in [3.05, 3.63) is 94.6 Å². The molecule has 0 saturated heterocycles. The van der Waals surface area contributed by atoms with Crippen LogP contribution in [-0.2, 0) is 12.8 Å². The number of rotatable bonds is 1. The molecule has 24 heavy (non-hydrogen) atoms. The van der Waals surface area contributed by atoms with E-state index in [4.69, 9.17) is 5.73 Å². The van der Waals surface area contributed by atoms with Gasteiger partial charge in [0.15, 0.2) is 0 Å². The van der Waals surface area contributed by atoms with E-state index in [2.05, 4.69) is 17.1 Å². The van der Waals surface area contributed by atoms with E-state index in [0.717, 1.165) is 52.0 Å². The summed E-state index contributed by atoms with van der Waals surface area (Å²) in [7, 11) is 0. The Morgan fingerprint density at radius 2 is 1.79 bits per heavy atom. The molecule has 0 aliphatic heterocycles. The van der Waals surface area contributed by atoms with Crippen molar-refractivity contribution in [3.8, 4) is 0 Å². The normalized spacial score (nSPS) is 14.8. The molecular formula is C21H17FN2. The van der Waals surface area contributed by atoms with E-state index in [1.165, 1.54) is 6.07 Å². The molecule has 1 aliphatic rings. The summed E-state index contributed by atoms with van der Waals surface area (Å²) < 4.78 is 13.7. The zero-order chi connectivity index (χ0) is 16.5. The molecule has 0 spiro atoms. The predicted molar refractivity (Wildman–Crippen MR) is 95.9 cm³/mol. The van der Waals surface area contributed by atoms with Gasteiger partial charge in [-0.3, -0.25) is 4.98 Å². The molecule has 0 radical (unpaired) electrons. The first-order valence-corrected chi connectivity index (χ1v) is 8.01. The summed E-state index contributed by atoms with van der Waals surface area (Å²) in [5.41, 5.74) is 12.9. The summed E-state index contributed by atoms with van der Waals surface area (Å²) in [4.78, 5) is 4.54. The molecule has 0 unspecified atom stereocenters. The number of aryl methyl sites for hydroxylation is 2. The van der Waals surface area contributed by atoms with Crippen LogP contribution in [0.15, 0.2) is 60.8 Å². The Bertz CT molecular complexity index is 927. The molecule has 1 aromatic heterocycles. The third-order valence-corrected chi connectivity index (χ3v) is 4.42. The van der Waals surface area contributed by atoms with Gasteiger partial charge in [-0.05, 0) is 71.5 Å². The number of hydrogen-bond donors (Lipinski definition) is 1. The van der Waals surface area contributed by atoms with Crippen LogP contribution < -0.4 is 5.73 Å². The fourth-order valence-corrected chi connectivity index (χ4v) is 3.23. The molecule has 1 heterocycles. The van der Waals surface area contributed by atoms with Crippen LogP contribution in [0.1, 0.15) is 27.9 Å². The average molecular weight is 316 g/mol. The van der Waals surface area contributed by atoms with Gasteiger partial charge in [-0.25, -0.2) is 4.39 Å². The molecule has 3 heteroatoms. The lowest BCUT2D eigenvalue weighted by molar-refractivity contribution is 0.625. The van der Waals surface area contributed by atoms with Crippen molar-refractivity contribution in [3.63, 3.8) is 0 Å². The summed E-state index contributed by atoms with van der Waals surface area (Å²) >= 11 is 0. The Kier molecular flexibility index (Phi) is 3.62. The molecule has 4 rings (SSSR count). The summed E-state index contributed by atoms with van der Waals surface area (Å²) in [5.74, 6) is -0.195. The van der Waals surface area contributed by atoms with Gasteiger partial charge in [-0.15, -0.1) is 0 Å². The quantitative estimate of drug-likeness (QED) is 0.672. The molecule has 0 saturated carbocycles. The molecule has 118 valence electrons. The number of aromatic nitrogens is 1. The highest BCUT2D eigenvalue weighted by molar-refractivity contribution is 5.93. The second kappa shape index (κ2) is 5.93. The van der Waals surface area contributed by atoms with Crippen LogP contribution in [0.2, 0.25) is 0 Å². The minimum atomic E-state index is -0.195. The number of nitrogens with two attached hydrogens (primary N) is 1. The first-order valence-electron chi connectivity index (χ1n) is 8.01. The van der Waals surface area contributed by atoms with Crippen molar-refractivity contribution in [1.82, 2.24) is 4.98 Å². The Morgan fingerprint density at radius 3 is 2.62 bits per heavy atom. The van der Waals surface area contributed by atoms with Crippen LogP contribution in [0, 0.1) is 5.82 Å². The molecule has 0 bridgehead atoms. The highest BCUT2D eigenvalue weighted by Crippen LogP contribution is 2.34. The second-order valence-electron chi connectivity index (χ2n) is 6.02. The van der Waals surface area contributed by atoms with E-state index < -0.39 is 0 Å². The first-order chi connectivity index (χ1) is 11.7. The van der Waals surface area contributed by atoms with Gasteiger partial charge in [0, 0.05) is 23.1 Å². The molecule has 2 N–H and O–H groups in total. The number of anilines is 1. The van der Waals surface area contributed by atoms with Gasteiger partial charge in [0.25, 0.3) is 0 Å². The number of benzene rings is 2. The number of halogens is 1. The summed E-state index contributed by atoms with van der Waals surface area (Å²) in [6.45, 7) is 0. The van der Waals surface area contributed by atoms with Crippen molar-refractivity contribution in [2.24, 2.45) is 0 Å². The van der Waals surface area contributed by atoms with Crippen LogP contribution in [0.5, 0.6) is 0 Å². The molecule has 2 nitrogen and oxygen atoms in total. The molecule has 2 aromatic carbocycles. The molecule has 0 amide bonds. The van der Waals surface area contributed by atoms with E-state index >= 15 is 0 Å². The van der Waals surface area contributed by atoms with E-state index in [-0.39, 0.29) is 5.82 Å². The summed E-state index contributed by atoms with van der Waals surface area (Å²) in [6.07, 6.45) is 5.54. The van der Waals surface area contributed by atoms with Gasteiger partial charge in [0.05, 0.1) is 0 Å². The van der Waals surface area contributed by atoms with Crippen LogP contribution in [0.4, 0.5) is 10.1 Å². The minimum Gasteiger partial charge on any atom is -0.399 e. The van der Waals surface area contributed by atoms with Gasteiger partial charge in [0.2, 0.25) is 0 Å². The van der Waals surface area contributed by atoms with Gasteiger partial charge >= 0.3 is 0 Å². The molecular weight excluding hydrogens is 299 g/mol. The highest BCUT2D eigenvalue weighted by atomic mass is 19.1. The lowest BCUT2D eigenvalue weighted by Gasteiger charge is -2.12. The van der Waals surface area contributed by atoms with Crippen LogP contribution in [-0.4, -0.2) is 4.98 Å². The van der Waals surface area contributed by atoms with Crippen molar-refractivity contribution in [2.75, 3.05) is 5.73 Å². The Morgan fingerprint density at radius 1 is 0.958 bits per heavy atom. The van der Waals surface area contributed by atoms with Crippen LogP contribution in [0.25, 0.3) is 11.6 Å². The van der Waals surface area contributed by atoms with Crippen LogP contribution in [0.3, 0.4) is 0 Å². The molecule has 0 fully saturated rings. The van der Waals surface area contributed by atoms with E-state index in [0.29, 0.717) is 0 Å². The second-order valence-corrected chi connectivity index (χ2v) is 6.02. The summed E-state index contributed by atoms with van der Waals surface area (Å²) in [6, 6.07) is 16.8. The Hall–Kier alpha value is -2.94. The van der Waals surface area contributed by atoms with Crippen molar-refractivity contribution in [1.29, 1.82) is 0 Å². The van der Waals surface area contributed by atoms with Crippen molar-refractivity contribution in [2.45, 2.75) is 12.8 Å². The number of nitrogens with zero attached hydrogens (tertiary/aromatic N) is 1. The average Bonchev–Trinajstić information content (AvgIpc) is 2.74. The Labute approximate surface area is 140 Å². The topological polar surface area (TPSA) is 38.9 Å². The minimum absolute atomic E-state index is 0.195. The van der Waals surface area contributed by atoms with Gasteiger partial charge < -0.3 is 5.73 Å². The maximum absolute atomic E-state index is 13.7. The number of hydrogen-bond acceptors (Lipinski definition) is 2. The molecule has 1 aliphatic carbocycles. The maximum atomic E-state index is 13.7. The fourth-order valence-electron chi connectivity index (χ4n) is 3.23. The first kappa shape index (κ1) is 14.6. The van der Waals surface area contributed by atoms with Gasteiger partial charge in [0.1, 0.15) is 5.82 Å². The smallest absolute Gasteiger partial charge is 0.123 e. The van der Waals surface area contributed by atoms with Crippen LogP contribution >= 0.6 is 0 Å². The van der Waals surface area contributed by atoms with Gasteiger partial charge in [-0.2, -0.15) is 0 Å². The number of pyridine rings is 1. The Balaban J connectivity index is 1.95. The third kappa shape index (κ3) is 2.69. The van der Waals surface area contributed by atoms with Crippen molar-refractivity contribution < 1.29 is 4.39 Å². The summed E-state index contributed by atoms with van der Waals surface area (Å²) in [5, 5.41) is 0. The maximum Gasteiger partial charge on any atom is 0.123 e. The number of fused-ring (bicyclic) bond motifs is 2. The lowest BCUT2D eigenvalue weighted by atomic mass is 9.93. The van der Waals surface area contributed by atoms with E-state index in [1.54, 1.807) is 6.07 Å². The molecule has 3 aromatic rings. The SMILES string of the molecule is Nc1ccc(C=C2c3ccc(F)cc3CCc3ncccc32)cc1. The zero-order valence-electron chi connectivity index (χ0n) is 13.2. The zero-order valence-corrected chi connectivity index (χ0v) is 13.2. The van der Waals surface area contributed by atoms with E-state index in [9.17, 15) is 4.39 Å². The standard InChI is InChI=1S/C21H17FN2/c22-16-6-9-18-15(13-16)5-10-21-19(2-1-11-24-21)20(18)12-14-3-7-17(23)8-4-14/h1-4,6-9,11-13H,5,10,23H2. The third-order valence-electron chi connectivity index (χ3n) is 4.42. The monoisotopic (exact) mass is 316 g/mol. The lowest BCUT2D eigenvalue weighted by Crippen LogP contribution is -1.95. The highest BCUT2D eigenvalue weighted by Gasteiger charge is 2.19. The van der Waals surface area contributed by atoms with Crippen molar-refractivity contribution >= 4 is 17.3 Å². The largest absolute Gasteiger partial charge is 0.399 e. The fraction of sp³-hybridized carbons (Fsp3) is 0.0952.